The average molecular weight is 663 g/mol. The van der Waals surface area contributed by atoms with Gasteiger partial charge in [-0.15, -0.1) is 0 Å². The standard InChI is InChI=1S/C34H29Cl2N3O5S/c1-4-39-21-32(28-16-12-25(35)19-30(28)36)37-33(39)18-7-22-5-8-23(9-6-22)24-10-13-26(14-11-24)44-27-15-17-29(34(40)43-2)31(20-27)38-45(3,41)42/h5-21,38H,4H2,1-3H3/b18-7+. The zero-order chi connectivity index (χ0) is 32.1. The maximum absolute atomic E-state index is 12.1. The Morgan fingerprint density at radius 1 is 0.911 bits per heavy atom. The summed E-state index contributed by atoms with van der Waals surface area (Å²) < 4.78 is 38.7. The fourth-order valence-electron chi connectivity index (χ4n) is 4.61. The Kier molecular flexibility index (Phi) is 9.63. The molecule has 8 nitrogen and oxygen atoms in total. The number of carbonyl (C=O) groups is 1. The molecule has 1 N–H and O–H groups in total. The van der Waals surface area contributed by atoms with Gasteiger partial charge in [0.25, 0.3) is 0 Å². The van der Waals surface area contributed by atoms with Crippen LogP contribution in [0, 0.1) is 0 Å². The van der Waals surface area contributed by atoms with Crippen LogP contribution in [0.3, 0.4) is 0 Å². The quantitative estimate of drug-likeness (QED) is 0.150. The van der Waals surface area contributed by atoms with Gasteiger partial charge in [0.1, 0.15) is 17.3 Å². The molecule has 0 saturated carbocycles. The molecule has 0 unspecified atom stereocenters. The van der Waals surface area contributed by atoms with Crippen LogP contribution in [0.25, 0.3) is 34.5 Å². The third-order valence-electron chi connectivity index (χ3n) is 6.81. The van der Waals surface area contributed by atoms with Crippen LogP contribution in [-0.2, 0) is 21.3 Å². The van der Waals surface area contributed by atoms with Gasteiger partial charge >= 0.3 is 5.97 Å². The number of ether oxygens (including phenoxy) is 2. The van der Waals surface area contributed by atoms with Crippen LogP contribution in [0.15, 0.2) is 91.1 Å². The summed E-state index contributed by atoms with van der Waals surface area (Å²) in [6.45, 7) is 2.82. The number of hydrogen-bond acceptors (Lipinski definition) is 6. The number of halogens is 2. The minimum Gasteiger partial charge on any atom is -0.465 e. The molecule has 5 aromatic rings. The minimum atomic E-state index is -3.63. The lowest BCUT2D eigenvalue weighted by atomic mass is 10.0. The molecule has 0 radical (unpaired) electrons. The van der Waals surface area contributed by atoms with E-state index in [0.717, 1.165) is 46.6 Å². The summed E-state index contributed by atoms with van der Waals surface area (Å²) in [5.41, 5.74) is 4.79. The van der Waals surface area contributed by atoms with Crippen LogP contribution in [0.2, 0.25) is 10.0 Å². The third kappa shape index (κ3) is 7.94. The summed E-state index contributed by atoms with van der Waals surface area (Å²) in [5.74, 6) is 1.04. The number of rotatable bonds is 10. The number of imidazole rings is 1. The van der Waals surface area contributed by atoms with Gasteiger partial charge in [0.2, 0.25) is 10.0 Å². The number of sulfonamides is 1. The van der Waals surface area contributed by atoms with Gasteiger partial charge in [-0.3, -0.25) is 4.72 Å². The highest BCUT2D eigenvalue weighted by molar-refractivity contribution is 7.92. The van der Waals surface area contributed by atoms with Crippen molar-refractivity contribution in [1.29, 1.82) is 0 Å². The van der Waals surface area contributed by atoms with Gasteiger partial charge in [-0.25, -0.2) is 18.2 Å². The van der Waals surface area contributed by atoms with Crippen LogP contribution in [-0.4, -0.2) is 37.3 Å². The van der Waals surface area contributed by atoms with E-state index in [-0.39, 0.29) is 11.3 Å². The Balaban J connectivity index is 1.28. The molecule has 0 aliphatic carbocycles. The van der Waals surface area contributed by atoms with E-state index in [9.17, 15) is 13.2 Å². The highest BCUT2D eigenvalue weighted by atomic mass is 35.5. The summed E-state index contributed by atoms with van der Waals surface area (Å²) in [7, 11) is -2.41. The number of nitrogens with zero attached hydrogens (tertiary/aromatic N) is 2. The Morgan fingerprint density at radius 2 is 1.58 bits per heavy atom. The van der Waals surface area contributed by atoms with E-state index in [0.29, 0.717) is 21.5 Å². The maximum Gasteiger partial charge on any atom is 0.339 e. The summed E-state index contributed by atoms with van der Waals surface area (Å²) in [4.78, 5) is 16.8. The van der Waals surface area contributed by atoms with E-state index >= 15 is 0 Å². The number of carbonyl (C=O) groups excluding carboxylic acids is 1. The van der Waals surface area contributed by atoms with Gasteiger partial charge in [-0.2, -0.15) is 0 Å². The number of aromatic nitrogens is 2. The molecule has 45 heavy (non-hydrogen) atoms. The SMILES string of the molecule is CCn1cc(-c2ccc(Cl)cc2Cl)nc1/C=C/c1ccc(-c2ccc(Oc3ccc(C(=O)OC)c(NS(C)(=O)=O)c3)cc2)cc1. The monoisotopic (exact) mass is 661 g/mol. The average Bonchev–Trinajstić information content (AvgIpc) is 3.42. The molecule has 5 rings (SSSR count). The van der Waals surface area contributed by atoms with Gasteiger partial charge in [0.05, 0.1) is 35.3 Å². The molecule has 0 bridgehead atoms. The van der Waals surface area contributed by atoms with E-state index in [2.05, 4.69) is 16.2 Å². The number of anilines is 1. The summed E-state index contributed by atoms with van der Waals surface area (Å²) in [6, 6.07) is 25.5. The number of methoxy groups -OCH3 is 1. The molecular formula is C34H29Cl2N3O5S. The zero-order valence-corrected chi connectivity index (χ0v) is 27.0. The van der Waals surface area contributed by atoms with Crippen molar-refractivity contribution >= 4 is 57.0 Å². The summed E-state index contributed by atoms with van der Waals surface area (Å²) >= 11 is 12.5. The molecule has 0 aliphatic heterocycles. The van der Waals surface area contributed by atoms with E-state index < -0.39 is 16.0 Å². The lowest BCUT2D eigenvalue weighted by Gasteiger charge is -2.12. The second-order valence-electron chi connectivity index (χ2n) is 10.0. The molecule has 4 aromatic carbocycles. The summed E-state index contributed by atoms with van der Waals surface area (Å²) in [5, 5.41) is 1.13. The van der Waals surface area contributed by atoms with Crippen molar-refractivity contribution in [3.05, 3.63) is 118 Å². The first-order valence-corrected chi connectivity index (χ1v) is 16.5. The minimum absolute atomic E-state index is 0.0673. The Morgan fingerprint density at radius 3 is 2.20 bits per heavy atom. The highest BCUT2D eigenvalue weighted by Gasteiger charge is 2.16. The number of nitrogens with one attached hydrogen (secondary N) is 1. The largest absolute Gasteiger partial charge is 0.465 e. The van der Waals surface area contributed by atoms with Crippen molar-refractivity contribution in [1.82, 2.24) is 9.55 Å². The predicted octanol–water partition coefficient (Wildman–Crippen LogP) is 8.66. The van der Waals surface area contributed by atoms with E-state index in [4.69, 9.17) is 37.7 Å². The molecule has 1 heterocycles. The molecular weight excluding hydrogens is 633 g/mol. The second-order valence-corrected chi connectivity index (χ2v) is 12.6. The van der Waals surface area contributed by atoms with E-state index in [1.165, 1.54) is 19.2 Å². The van der Waals surface area contributed by atoms with Crippen molar-refractivity contribution in [2.24, 2.45) is 0 Å². The van der Waals surface area contributed by atoms with Gasteiger partial charge < -0.3 is 14.0 Å². The topological polar surface area (TPSA) is 99.5 Å². The van der Waals surface area contributed by atoms with Crippen LogP contribution in [0.5, 0.6) is 11.5 Å². The molecule has 0 atom stereocenters. The van der Waals surface area contributed by atoms with Gasteiger partial charge in [0.15, 0.2) is 0 Å². The number of esters is 1. The lowest BCUT2D eigenvalue weighted by Crippen LogP contribution is -2.14. The van der Waals surface area contributed by atoms with Crippen LogP contribution in [0.1, 0.15) is 28.7 Å². The third-order valence-corrected chi connectivity index (χ3v) is 7.94. The molecule has 11 heteroatoms. The normalized spacial score (nSPS) is 11.5. The molecule has 230 valence electrons. The fourth-order valence-corrected chi connectivity index (χ4v) is 5.69. The van der Waals surface area contributed by atoms with Crippen LogP contribution >= 0.6 is 23.2 Å². The van der Waals surface area contributed by atoms with E-state index in [1.807, 2.05) is 72.9 Å². The number of aryl methyl sites for hydroxylation is 1. The molecule has 1 aromatic heterocycles. The Hall–Kier alpha value is -4.57. The molecule has 0 amide bonds. The van der Waals surface area contributed by atoms with Crippen molar-refractivity contribution in [2.45, 2.75) is 13.5 Å². The van der Waals surface area contributed by atoms with Crippen molar-refractivity contribution in [3.63, 3.8) is 0 Å². The molecule has 0 aliphatic rings. The summed E-state index contributed by atoms with van der Waals surface area (Å²) in [6.07, 6.45) is 6.97. The first-order chi connectivity index (χ1) is 21.5. The van der Waals surface area contributed by atoms with Crippen LogP contribution in [0.4, 0.5) is 5.69 Å². The first-order valence-electron chi connectivity index (χ1n) is 13.8. The number of benzene rings is 4. The molecule has 0 spiro atoms. The van der Waals surface area contributed by atoms with Gasteiger partial charge in [0, 0.05) is 29.4 Å². The number of hydrogen-bond donors (Lipinski definition) is 1. The van der Waals surface area contributed by atoms with Gasteiger partial charge in [-0.1, -0.05) is 65.7 Å². The fraction of sp³-hybridized carbons (Fsp3) is 0.118. The van der Waals surface area contributed by atoms with Crippen LogP contribution < -0.4 is 9.46 Å². The lowest BCUT2D eigenvalue weighted by molar-refractivity contribution is 0.0602. The van der Waals surface area contributed by atoms with Crippen molar-refractivity contribution in [3.8, 4) is 33.9 Å². The first kappa shape index (κ1) is 31.8. The highest BCUT2D eigenvalue weighted by Crippen LogP contribution is 2.32. The van der Waals surface area contributed by atoms with Crippen molar-refractivity contribution in [2.75, 3.05) is 18.1 Å². The predicted molar refractivity (Wildman–Crippen MR) is 180 cm³/mol. The van der Waals surface area contributed by atoms with E-state index in [1.54, 1.807) is 18.2 Å². The van der Waals surface area contributed by atoms with Crippen molar-refractivity contribution < 1.29 is 22.7 Å². The van der Waals surface area contributed by atoms with Gasteiger partial charge in [-0.05, 0) is 72.2 Å². The smallest absolute Gasteiger partial charge is 0.339 e. The Bertz CT molecular complexity index is 1990. The maximum atomic E-state index is 12.1. The zero-order valence-electron chi connectivity index (χ0n) is 24.6. The Labute approximate surface area is 271 Å². The molecule has 0 saturated heterocycles. The molecule has 0 fully saturated rings. The second kappa shape index (κ2) is 13.6.